The fourth-order valence-corrected chi connectivity index (χ4v) is 2.89. The normalized spacial score (nSPS) is 23.0. The van der Waals surface area contributed by atoms with Crippen LogP contribution in [0.3, 0.4) is 0 Å². The van der Waals surface area contributed by atoms with Crippen LogP contribution in [0.5, 0.6) is 0 Å². The Morgan fingerprint density at radius 3 is 1.19 bits per heavy atom. The molecule has 0 heterocycles. The molecule has 0 N–H and O–H groups in total. The summed E-state index contributed by atoms with van der Waals surface area (Å²) < 4.78 is 0. The maximum absolute atomic E-state index is 3.38. The van der Waals surface area contributed by atoms with E-state index in [2.05, 4.69) is 60.4 Å². The molecular formula is C16H10. The van der Waals surface area contributed by atoms with Crippen molar-refractivity contribution in [2.45, 2.75) is 11.8 Å². The monoisotopic (exact) mass is 202 g/mol. The van der Waals surface area contributed by atoms with E-state index in [9.17, 15) is 0 Å². The van der Waals surface area contributed by atoms with Crippen molar-refractivity contribution in [3.05, 3.63) is 70.8 Å². The van der Waals surface area contributed by atoms with Gasteiger partial charge >= 0.3 is 0 Å². The van der Waals surface area contributed by atoms with E-state index in [4.69, 9.17) is 0 Å². The van der Waals surface area contributed by atoms with Gasteiger partial charge in [0.2, 0.25) is 0 Å². The van der Waals surface area contributed by atoms with Crippen LogP contribution >= 0.6 is 0 Å². The van der Waals surface area contributed by atoms with Crippen molar-refractivity contribution < 1.29 is 0 Å². The lowest BCUT2D eigenvalue weighted by molar-refractivity contribution is 0.858. The minimum absolute atomic E-state index is 0.303. The van der Waals surface area contributed by atoms with Crippen molar-refractivity contribution in [3.8, 4) is 11.8 Å². The Morgan fingerprint density at radius 2 is 0.875 bits per heavy atom. The highest BCUT2D eigenvalue weighted by Crippen LogP contribution is 2.45. The molecule has 0 atom stereocenters. The van der Waals surface area contributed by atoms with E-state index in [0.29, 0.717) is 11.8 Å². The Bertz CT molecular complexity index is 539. The van der Waals surface area contributed by atoms with E-state index >= 15 is 0 Å². The molecule has 0 fully saturated rings. The molecule has 0 saturated heterocycles. The van der Waals surface area contributed by atoms with E-state index < -0.39 is 0 Å². The minimum Gasteiger partial charge on any atom is -0.0892 e. The fourth-order valence-electron chi connectivity index (χ4n) is 2.89. The highest BCUT2D eigenvalue weighted by atomic mass is 14.3. The summed E-state index contributed by atoms with van der Waals surface area (Å²) in [6.45, 7) is 0. The summed E-state index contributed by atoms with van der Waals surface area (Å²) in [4.78, 5) is 0. The van der Waals surface area contributed by atoms with E-state index in [0.717, 1.165) is 0 Å². The van der Waals surface area contributed by atoms with Gasteiger partial charge in [-0.15, -0.1) is 0 Å². The zero-order valence-electron chi connectivity index (χ0n) is 8.77. The highest BCUT2D eigenvalue weighted by molar-refractivity contribution is 5.63. The molecule has 0 saturated carbocycles. The van der Waals surface area contributed by atoms with Crippen LogP contribution < -0.4 is 0 Å². The average molecular weight is 202 g/mol. The lowest BCUT2D eigenvalue weighted by Gasteiger charge is -2.32. The third kappa shape index (κ3) is 0.864. The van der Waals surface area contributed by atoms with E-state index in [1.54, 1.807) is 0 Å². The van der Waals surface area contributed by atoms with Crippen molar-refractivity contribution in [1.82, 2.24) is 0 Å². The largest absolute Gasteiger partial charge is 0.0892 e. The van der Waals surface area contributed by atoms with Crippen LogP contribution in [0.15, 0.2) is 48.5 Å². The second kappa shape index (κ2) is 2.77. The van der Waals surface area contributed by atoms with Gasteiger partial charge in [0.05, 0.1) is 11.8 Å². The quantitative estimate of drug-likeness (QED) is 0.575. The van der Waals surface area contributed by atoms with E-state index in [-0.39, 0.29) is 0 Å². The first-order valence-corrected chi connectivity index (χ1v) is 5.64. The SMILES string of the molecule is C1#CC2c3ccccc3C1c1ccccc12. The van der Waals surface area contributed by atoms with Crippen LogP contribution in [0.4, 0.5) is 0 Å². The van der Waals surface area contributed by atoms with E-state index in [1.807, 2.05) is 0 Å². The van der Waals surface area contributed by atoms with Gasteiger partial charge in [0, 0.05) is 0 Å². The zero-order valence-corrected chi connectivity index (χ0v) is 8.77. The molecule has 16 heavy (non-hydrogen) atoms. The number of rotatable bonds is 0. The molecule has 0 aromatic heterocycles. The molecule has 0 radical (unpaired) electrons. The molecule has 0 unspecified atom stereocenters. The fraction of sp³-hybridized carbons (Fsp3) is 0.125. The van der Waals surface area contributed by atoms with Gasteiger partial charge in [-0.1, -0.05) is 60.4 Å². The Hall–Kier alpha value is -2.00. The lowest BCUT2D eigenvalue weighted by atomic mass is 9.69. The summed E-state index contributed by atoms with van der Waals surface area (Å²) in [6, 6.07) is 17.3. The van der Waals surface area contributed by atoms with Gasteiger partial charge in [-0.3, -0.25) is 0 Å². The summed E-state index contributed by atoms with van der Waals surface area (Å²) in [5.41, 5.74) is 5.63. The van der Waals surface area contributed by atoms with E-state index in [1.165, 1.54) is 22.3 Å². The number of hydrogen-bond acceptors (Lipinski definition) is 0. The van der Waals surface area contributed by atoms with Gasteiger partial charge in [0.15, 0.2) is 0 Å². The standard InChI is InChI=1S/C16H10/c1-2-6-12-11(5-1)15-9-10-16(12)14-8-4-3-7-13(14)15/h1-8,15-16H. The second-order valence-corrected chi connectivity index (χ2v) is 4.41. The molecule has 5 rings (SSSR count). The lowest BCUT2D eigenvalue weighted by Crippen LogP contribution is -2.20. The second-order valence-electron chi connectivity index (χ2n) is 4.41. The molecule has 3 aliphatic carbocycles. The summed E-state index contributed by atoms with van der Waals surface area (Å²) >= 11 is 0. The first-order chi connectivity index (χ1) is 7.95. The van der Waals surface area contributed by atoms with Crippen molar-refractivity contribution in [2.75, 3.05) is 0 Å². The first-order valence-electron chi connectivity index (χ1n) is 5.64. The predicted molar refractivity (Wildman–Crippen MR) is 64.3 cm³/mol. The molecular weight excluding hydrogens is 192 g/mol. The molecule has 0 nitrogen and oxygen atoms in total. The van der Waals surface area contributed by atoms with Crippen LogP contribution in [0.2, 0.25) is 0 Å². The summed E-state index contributed by atoms with van der Waals surface area (Å²) in [7, 11) is 0. The average Bonchev–Trinajstić information content (AvgIpc) is 2.40. The molecule has 0 aliphatic heterocycles. The van der Waals surface area contributed by atoms with Crippen molar-refractivity contribution in [3.63, 3.8) is 0 Å². The van der Waals surface area contributed by atoms with Gasteiger partial charge in [-0.05, 0) is 22.3 Å². The van der Waals surface area contributed by atoms with Gasteiger partial charge in [-0.2, -0.15) is 0 Å². The molecule has 74 valence electrons. The van der Waals surface area contributed by atoms with Crippen molar-refractivity contribution in [1.29, 1.82) is 0 Å². The van der Waals surface area contributed by atoms with Crippen molar-refractivity contribution in [2.24, 2.45) is 0 Å². The van der Waals surface area contributed by atoms with Gasteiger partial charge < -0.3 is 0 Å². The van der Waals surface area contributed by atoms with Crippen LogP contribution in [-0.4, -0.2) is 0 Å². The molecule has 2 aromatic rings. The van der Waals surface area contributed by atoms with Crippen LogP contribution in [0.25, 0.3) is 0 Å². The topological polar surface area (TPSA) is 0 Å². The molecule has 3 aliphatic rings. The third-order valence-corrected chi connectivity index (χ3v) is 3.61. The van der Waals surface area contributed by atoms with Crippen LogP contribution in [0.1, 0.15) is 34.1 Å². The maximum Gasteiger partial charge on any atom is 0.0708 e. The minimum atomic E-state index is 0.303. The molecule has 2 bridgehead atoms. The van der Waals surface area contributed by atoms with Gasteiger partial charge in [-0.25, -0.2) is 0 Å². The molecule has 2 aromatic carbocycles. The Balaban J connectivity index is 2.08. The first kappa shape index (κ1) is 8.19. The Labute approximate surface area is 94.9 Å². The van der Waals surface area contributed by atoms with Gasteiger partial charge in [0.25, 0.3) is 0 Å². The number of benzene rings is 2. The smallest absolute Gasteiger partial charge is 0.0708 e. The zero-order chi connectivity index (χ0) is 10.5. The van der Waals surface area contributed by atoms with Crippen LogP contribution in [-0.2, 0) is 0 Å². The molecule has 0 heteroatoms. The predicted octanol–water partition coefficient (Wildman–Crippen LogP) is 3.28. The summed E-state index contributed by atoms with van der Waals surface area (Å²) in [5.74, 6) is 7.37. The van der Waals surface area contributed by atoms with Gasteiger partial charge in [0.1, 0.15) is 0 Å². The third-order valence-electron chi connectivity index (χ3n) is 3.61. The van der Waals surface area contributed by atoms with Crippen molar-refractivity contribution >= 4 is 0 Å². The molecule has 0 amide bonds. The Morgan fingerprint density at radius 1 is 0.562 bits per heavy atom. The number of hydrogen-bond donors (Lipinski definition) is 0. The summed E-state index contributed by atoms with van der Waals surface area (Å²) in [5, 5.41) is 0. The Kier molecular flexibility index (Phi) is 1.42. The van der Waals surface area contributed by atoms with Crippen LogP contribution in [0, 0.1) is 11.8 Å². The maximum atomic E-state index is 3.38. The molecule has 0 spiro atoms. The summed E-state index contributed by atoms with van der Waals surface area (Å²) in [6.07, 6.45) is 0. The highest BCUT2D eigenvalue weighted by Gasteiger charge is 2.32.